The van der Waals surface area contributed by atoms with Gasteiger partial charge >= 0.3 is 0 Å². The minimum Gasteiger partial charge on any atom is -0.453 e. The van der Waals surface area contributed by atoms with E-state index >= 15 is 0 Å². The van der Waals surface area contributed by atoms with Gasteiger partial charge in [-0.2, -0.15) is 0 Å². The third-order valence-corrected chi connectivity index (χ3v) is 13.4. The summed E-state index contributed by atoms with van der Waals surface area (Å²) in [6.07, 6.45) is 4.56. The van der Waals surface area contributed by atoms with Gasteiger partial charge in [0.25, 0.3) is 0 Å². The maximum absolute atomic E-state index is 6.98. The van der Waals surface area contributed by atoms with E-state index in [9.17, 15) is 0 Å². The summed E-state index contributed by atoms with van der Waals surface area (Å²) in [5, 5.41) is 4.57. The number of hydrogen-bond donors (Lipinski definition) is 0. The summed E-state index contributed by atoms with van der Waals surface area (Å²) in [5.74, 6) is 7.60. The Morgan fingerprint density at radius 3 is 1.79 bits per heavy atom. The Kier molecular flexibility index (Phi) is 7.53. The van der Waals surface area contributed by atoms with Gasteiger partial charge in [0.1, 0.15) is 5.58 Å². The summed E-state index contributed by atoms with van der Waals surface area (Å²) < 4.78 is 6.98. The van der Waals surface area contributed by atoms with Crippen LogP contribution < -0.4 is 4.90 Å². The Bertz CT molecular complexity index is 3550. The van der Waals surface area contributed by atoms with Crippen molar-refractivity contribution in [2.45, 2.75) is 5.41 Å². The van der Waals surface area contributed by atoms with Crippen molar-refractivity contribution in [3.05, 3.63) is 246 Å². The summed E-state index contributed by atoms with van der Waals surface area (Å²) in [7, 11) is 0. The molecule has 1 atom stereocenters. The molecule has 0 bridgehead atoms. The number of furan rings is 1. The molecular formula is C60H37NO. The van der Waals surface area contributed by atoms with Crippen LogP contribution in [0, 0.1) is 17.8 Å². The van der Waals surface area contributed by atoms with Crippen LogP contribution in [-0.4, -0.2) is 0 Å². The predicted molar refractivity (Wildman–Crippen MR) is 257 cm³/mol. The molecule has 1 spiro atoms. The van der Waals surface area contributed by atoms with Crippen LogP contribution in [-0.2, 0) is 5.41 Å². The van der Waals surface area contributed by atoms with Gasteiger partial charge in [0, 0.05) is 33.3 Å². The smallest absolute Gasteiger partial charge is 0.159 e. The summed E-state index contributed by atoms with van der Waals surface area (Å²) in [6, 6.07) is 74.4. The monoisotopic (exact) mass is 787 g/mol. The van der Waals surface area contributed by atoms with E-state index in [4.69, 9.17) is 4.42 Å². The van der Waals surface area contributed by atoms with E-state index in [2.05, 4.69) is 235 Å². The Morgan fingerprint density at radius 2 is 1.03 bits per heavy atom. The molecule has 0 saturated heterocycles. The van der Waals surface area contributed by atoms with Crippen LogP contribution in [0.25, 0.3) is 66.1 Å². The van der Waals surface area contributed by atoms with Crippen LogP contribution in [0.5, 0.6) is 0 Å². The summed E-state index contributed by atoms with van der Waals surface area (Å²) in [5.41, 5.74) is 17.9. The van der Waals surface area contributed by atoms with Crippen molar-refractivity contribution in [3.63, 3.8) is 0 Å². The molecule has 2 nitrogen and oxygen atoms in total. The molecular weight excluding hydrogens is 751 g/mol. The van der Waals surface area contributed by atoms with Crippen LogP contribution >= 0.6 is 0 Å². The molecule has 10 aromatic rings. The molecule has 0 radical (unpaired) electrons. The number of nitrogens with zero attached hydrogens (tertiary/aromatic N) is 1. The van der Waals surface area contributed by atoms with E-state index in [-0.39, 0.29) is 11.3 Å². The lowest BCUT2D eigenvalue weighted by atomic mass is 9.67. The molecule has 0 N–H and O–H groups in total. The van der Waals surface area contributed by atoms with Crippen molar-refractivity contribution in [2.75, 3.05) is 4.90 Å². The lowest BCUT2D eigenvalue weighted by Crippen LogP contribution is -2.31. The van der Waals surface area contributed by atoms with Gasteiger partial charge in [0.15, 0.2) is 5.58 Å². The largest absolute Gasteiger partial charge is 0.453 e. The van der Waals surface area contributed by atoms with Crippen molar-refractivity contribution >= 4 is 60.9 Å². The molecule has 0 amide bonds. The molecule has 3 aliphatic rings. The number of hydrogen-bond acceptors (Lipinski definition) is 2. The number of allylic oxidation sites excluding steroid dienone is 4. The molecule has 2 heteroatoms. The van der Waals surface area contributed by atoms with Crippen molar-refractivity contribution in [3.8, 4) is 34.1 Å². The van der Waals surface area contributed by atoms with Gasteiger partial charge in [0.2, 0.25) is 0 Å². The molecule has 288 valence electrons. The van der Waals surface area contributed by atoms with E-state index < -0.39 is 0 Å². The lowest BCUT2D eigenvalue weighted by molar-refractivity contribution is 0.590. The van der Waals surface area contributed by atoms with Gasteiger partial charge in [-0.15, -0.1) is 0 Å². The fourth-order valence-corrected chi connectivity index (χ4v) is 10.8. The molecule has 0 fully saturated rings. The van der Waals surface area contributed by atoms with Crippen molar-refractivity contribution in [1.82, 2.24) is 0 Å². The van der Waals surface area contributed by atoms with E-state index in [1.165, 1.54) is 49.7 Å². The SMILES string of the molecule is C1#CC2C(=CC=C1c1ccc(N(c3ccc4ccccc4c3)c3cccc4c3oc3c(-c5ccccc5)cccc34)cc1)c1ccccc1C21c2ccccc2-c2ccccc21. The zero-order valence-electron chi connectivity index (χ0n) is 33.7. The molecule has 3 aliphatic carbocycles. The zero-order chi connectivity index (χ0) is 40.8. The van der Waals surface area contributed by atoms with Crippen LogP contribution in [0.15, 0.2) is 223 Å². The zero-order valence-corrected chi connectivity index (χ0v) is 33.7. The van der Waals surface area contributed by atoms with Crippen molar-refractivity contribution in [1.29, 1.82) is 0 Å². The number of para-hydroxylation sites is 2. The molecule has 1 unspecified atom stereocenters. The van der Waals surface area contributed by atoms with E-state index in [0.717, 1.165) is 61.3 Å². The first-order valence-corrected chi connectivity index (χ1v) is 21.4. The molecule has 62 heavy (non-hydrogen) atoms. The van der Waals surface area contributed by atoms with Crippen LogP contribution in [0.2, 0.25) is 0 Å². The third kappa shape index (κ3) is 4.94. The van der Waals surface area contributed by atoms with Gasteiger partial charge in [-0.25, -0.2) is 0 Å². The number of anilines is 3. The van der Waals surface area contributed by atoms with Gasteiger partial charge in [-0.3, -0.25) is 0 Å². The summed E-state index contributed by atoms with van der Waals surface area (Å²) >= 11 is 0. The lowest BCUT2D eigenvalue weighted by Gasteiger charge is -2.32. The second-order valence-corrected chi connectivity index (χ2v) is 16.6. The maximum Gasteiger partial charge on any atom is 0.159 e. The highest BCUT2D eigenvalue weighted by atomic mass is 16.3. The average Bonchev–Trinajstić information content (AvgIpc) is 3.89. The second-order valence-electron chi connectivity index (χ2n) is 16.6. The number of rotatable bonds is 5. The van der Waals surface area contributed by atoms with Crippen molar-refractivity contribution in [2.24, 2.45) is 5.92 Å². The molecule has 0 aliphatic heterocycles. The Labute approximate surface area is 360 Å². The first-order chi connectivity index (χ1) is 30.8. The first-order valence-electron chi connectivity index (χ1n) is 21.4. The van der Waals surface area contributed by atoms with E-state index in [0.29, 0.717) is 0 Å². The summed E-state index contributed by atoms with van der Waals surface area (Å²) in [4.78, 5) is 2.33. The highest BCUT2D eigenvalue weighted by molar-refractivity contribution is 6.13. The van der Waals surface area contributed by atoms with Crippen molar-refractivity contribution < 1.29 is 4.42 Å². The molecule has 0 saturated carbocycles. The van der Waals surface area contributed by atoms with Gasteiger partial charge in [-0.1, -0.05) is 194 Å². The fraction of sp³-hybridized carbons (Fsp3) is 0.0333. The number of benzene rings is 9. The quantitative estimate of drug-likeness (QED) is 0.162. The van der Waals surface area contributed by atoms with Gasteiger partial charge in [0.05, 0.1) is 17.0 Å². The van der Waals surface area contributed by atoms with E-state index in [1.54, 1.807) is 0 Å². The van der Waals surface area contributed by atoms with Crippen LogP contribution in [0.4, 0.5) is 17.1 Å². The van der Waals surface area contributed by atoms with E-state index in [1.807, 2.05) is 0 Å². The minimum atomic E-state index is -0.379. The first kappa shape index (κ1) is 34.7. The topological polar surface area (TPSA) is 16.4 Å². The number of fused-ring (bicyclic) bond motifs is 14. The second kappa shape index (κ2) is 13.4. The molecule has 1 aromatic heterocycles. The third-order valence-electron chi connectivity index (χ3n) is 13.4. The maximum atomic E-state index is 6.98. The van der Waals surface area contributed by atoms with Crippen LogP contribution in [0.3, 0.4) is 0 Å². The Balaban J connectivity index is 0.945. The molecule has 13 rings (SSSR count). The van der Waals surface area contributed by atoms with Gasteiger partial charge < -0.3 is 9.32 Å². The highest BCUT2D eigenvalue weighted by Crippen LogP contribution is 2.64. The average molecular weight is 788 g/mol. The minimum absolute atomic E-state index is 0.0344. The standard InChI is InChI=1S/C60H37NO/c1-2-15-42(16-3-1)46-21-12-22-51-52-23-13-27-57(59(52)62-58(46)51)61(45-35-30-39-14-4-5-17-43(39)38-45)44-33-28-40(29-34-44)41-31-36-50-49-20-8-11-26-55(49)60(56(50)37-32-41)53-24-9-6-18-47(53)48-19-7-10-25-54(48)60/h1-31,33-36,38,56H. The van der Waals surface area contributed by atoms with Crippen LogP contribution in [0.1, 0.15) is 27.8 Å². The Hall–Kier alpha value is -8.12. The highest BCUT2D eigenvalue weighted by Gasteiger charge is 2.56. The predicted octanol–water partition coefficient (Wildman–Crippen LogP) is 15.3. The van der Waals surface area contributed by atoms with Gasteiger partial charge in [-0.05, 0) is 97.3 Å². The normalized spacial score (nSPS) is 15.3. The molecule has 9 aromatic carbocycles. The molecule has 1 heterocycles. The fourth-order valence-electron chi connectivity index (χ4n) is 10.8. The Morgan fingerprint density at radius 1 is 0.435 bits per heavy atom. The summed E-state index contributed by atoms with van der Waals surface area (Å²) in [6.45, 7) is 0.